The van der Waals surface area contributed by atoms with E-state index in [0.717, 1.165) is 0 Å². The quantitative estimate of drug-likeness (QED) is 0.115. The molecule has 0 aliphatic heterocycles. The average molecular weight is 310 g/mol. The Kier molecular flexibility index (Phi) is 5.42. The van der Waals surface area contributed by atoms with Gasteiger partial charge in [-0.25, -0.2) is 0 Å². The summed E-state index contributed by atoms with van der Waals surface area (Å²) in [6, 6.07) is 0. The van der Waals surface area contributed by atoms with E-state index in [1.807, 2.05) is 0 Å². The third kappa shape index (κ3) is 4.07. The van der Waals surface area contributed by atoms with Gasteiger partial charge in [-0.3, -0.25) is 9.96 Å². The van der Waals surface area contributed by atoms with Gasteiger partial charge >= 0.3 is 0 Å². The molecular formula is C9H14N2O8S. The molecular weight excluding hydrogens is 296 g/mol. The highest BCUT2D eigenvalue weighted by Gasteiger charge is 2.24. The first-order valence-electron chi connectivity index (χ1n) is 4.92. The van der Waals surface area contributed by atoms with Gasteiger partial charge in [0.1, 0.15) is 11.4 Å². The van der Waals surface area contributed by atoms with Gasteiger partial charge in [-0.15, -0.1) is 0 Å². The van der Waals surface area contributed by atoms with E-state index in [9.17, 15) is 8.42 Å². The average Bonchev–Trinajstić information content (AvgIpc) is 2.33. The minimum Gasteiger partial charge on any atom is -0.504 e. The maximum atomic E-state index is 9.56. The zero-order valence-electron chi connectivity index (χ0n) is 10.2. The van der Waals surface area contributed by atoms with Crippen molar-refractivity contribution in [3.63, 3.8) is 0 Å². The minimum absolute atomic E-state index is 0.201. The van der Waals surface area contributed by atoms with Crippen LogP contribution >= 0.6 is 0 Å². The van der Waals surface area contributed by atoms with Crippen molar-refractivity contribution in [2.45, 2.75) is 6.92 Å². The van der Waals surface area contributed by atoms with E-state index in [1.165, 1.54) is 6.92 Å². The van der Waals surface area contributed by atoms with Crippen LogP contribution in [0.3, 0.4) is 0 Å². The molecule has 0 spiro atoms. The maximum absolute atomic E-state index is 9.56. The van der Waals surface area contributed by atoms with Crippen LogP contribution in [0.1, 0.15) is 12.5 Å². The standard InChI is InChI=1S/C7H8N2O5.C2H6O3S/c8-7(9)1-2(10)4(12)6(14)5(13)3(1)11;1-2-6(3,4)5/h10-14H,(H3,8,9);2H2,1H3,(H,3,4,5). The molecule has 0 amide bonds. The van der Waals surface area contributed by atoms with Crippen molar-refractivity contribution >= 4 is 16.0 Å². The fourth-order valence-corrected chi connectivity index (χ4v) is 0.941. The first-order chi connectivity index (χ1) is 8.94. The number of nitrogens with two attached hydrogens (primary N) is 1. The van der Waals surface area contributed by atoms with Crippen molar-refractivity contribution in [2.24, 2.45) is 5.73 Å². The van der Waals surface area contributed by atoms with Gasteiger partial charge in [0.25, 0.3) is 10.1 Å². The zero-order valence-corrected chi connectivity index (χ0v) is 11.0. The summed E-state index contributed by atoms with van der Waals surface area (Å²) in [5.41, 5.74) is 4.32. The lowest BCUT2D eigenvalue weighted by atomic mass is 10.1. The second-order valence-electron chi connectivity index (χ2n) is 3.40. The van der Waals surface area contributed by atoms with E-state index < -0.39 is 50.3 Å². The number of aromatic hydroxyl groups is 5. The number of hydrogen-bond donors (Lipinski definition) is 8. The second kappa shape index (κ2) is 6.16. The molecule has 114 valence electrons. The molecule has 0 aromatic heterocycles. The van der Waals surface area contributed by atoms with E-state index in [0.29, 0.717) is 0 Å². The van der Waals surface area contributed by atoms with E-state index >= 15 is 0 Å². The van der Waals surface area contributed by atoms with Crippen LogP contribution in [0.5, 0.6) is 28.7 Å². The van der Waals surface area contributed by atoms with Crippen LogP contribution in [-0.4, -0.2) is 50.1 Å². The molecule has 0 saturated carbocycles. The smallest absolute Gasteiger partial charge is 0.264 e. The van der Waals surface area contributed by atoms with Gasteiger partial charge in [-0.2, -0.15) is 8.42 Å². The van der Waals surface area contributed by atoms with Gasteiger partial charge in [-0.05, 0) is 6.92 Å². The Morgan fingerprint density at radius 1 is 1.00 bits per heavy atom. The Balaban J connectivity index is 0.000000511. The molecule has 11 heteroatoms. The molecule has 0 heterocycles. The molecule has 0 aliphatic carbocycles. The summed E-state index contributed by atoms with van der Waals surface area (Å²) in [4.78, 5) is 0. The number of amidine groups is 1. The highest BCUT2D eigenvalue weighted by molar-refractivity contribution is 7.85. The highest BCUT2D eigenvalue weighted by atomic mass is 32.2. The first-order valence-corrected chi connectivity index (χ1v) is 6.53. The molecule has 9 N–H and O–H groups in total. The topological polar surface area (TPSA) is 205 Å². The van der Waals surface area contributed by atoms with Gasteiger partial charge in [-0.1, -0.05) is 0 Å². The number of benzene rings is 1. The second-order valence-corrected chi connectivity index (χ2v) is 5.14. The van der Waals surface area contributed by atoms with Crippen molar-refractivity contribution < 1.29 is 38.5 Å². The Bertz CT molecular complexity index is 596. The Morgan fingerprint density at radius 3 is 1.45 bits per heavy atom. The number of phenolic OH excluding ortho intramolecular Hbond substituents is 5. The summed E-state index contributed by atoms with van der Waals surface area (Å²) in [5, 5.41) is 52.2. The monoisotopic (exact) mass is 310 g/mol. The van der Waals surface area contributed by atoms with Crippen LogP contribution < -0.4 is 5.73 Å². The van der Waals surface area contributed by atoms with Gasteiger partial charge in [0.05, 0.1) is 5.75 Å². The third-order valence-electron chi connectivity index (χ3n) is 2.00. The maximum Gasteiger partial charge on any atom is 0.264 e. The third-order valence-corrected chi connectivity index (χ3v) is 2.73. The fourth-order valence-electron chi connectivity index (χ4n) is 0.941. The van der Waals surface area contributed by atoms with Gasteiger partial charge in [0, 0.05) is 0 Å². The number of nitrogens with one attached hydrogen (secondary N) is 1. The number of hydrogen-bond acceptors (Lipinski definition) is 8. The predicted molar refractivity (Wildman–Crippen MR) is 67.9 cm³/mol. The summed E-state index contributed by atoms with van der Waals surface area (Å²) in [7, 11) is -3.66. The molecule has 1 aromatic rings. The summed E-state index contributed by atoms with van der Waals surface area (Å²) in [6.45, 7) is 1.37. The minimum atomic E-state index is -3.66. The van der Waals surface area contributed by atoms with Crippen molar-refractivity contribution in [1.29, 1.82) is 5.41 Å². The summed E-state index contributed by atoms with van der Waals surface area (Å²) in [5.74, 6) is -6.07. The summed E-state index contributed by atoms with van der Waals surface area (Å²) in [6.07, 6.45) is 0. The molecule has 0 aliphatic rings. The molecule has 0 saturated heterocycles. The Labute approximate surface area is 113 Å². The molecule has 10 nitrogen and oxygen atoms in total. The lowest BCUT2D eigenvalue weighted by Gasteiger charge is -2.10. The van der Waals surface area contributed by atoms with Crippen LogP contribution in [-0.2, 0) is 10.1 Å². The molecule has 0 radical (unpaired) electrons. The number of phenols is 5. The van der Waals surface area contributed by atoms with E-state index in [-0.39, 0.29) is 5.75 Å². The predicted octanol–water partition coefficient (Wildman–Crippen LogP) is -0.607. The molecule has 1 aromatic carbocycles. The van der Waals surface area contributed by atoms with Gasteiger partial charge in [0.15, 0.2) is 11.5 Å². The van der Waals surface area contributed by atoms with E-state index in [4.69, 9.17) is 41.2 Å². The van der Waals surface area contributed by atoms with E-state index in [1.54, 1.807) is 0 Å². The van der Waals surface area contributed by atoms with Crippen LogP contribution in [0.15, 0.2) is 0 Å². The SMILES string of the molecule is CCS(=O)(=O)O.N=C(N)c1c(O)c(O)c(O)c(O)c1O. The number of rotatable bonds is 2. The molecule has 0 bridgehead atoms. The van der Waals surface area contributed by atoms with Crippen LogP contribution in [0.25, 0.3) is 0 Å². The number of nitrogen functional groups attached to an aromatic ring is 1. The van der Waals surface area contributed by atoms with Gasteiger partial charge < -0.3 is 31.3 Å². The van der Waals surface area contributed by atoms with Crippen molar-refractivity contribution in [3.05, 3.63) is 5.56 Å². The molecule has 0 fully saturated rings. The lowest BCUT2D eigenvalue weighted by Crippen LogP contribution is -2.11. The Hall–Kier alpha value is -2.40. The van der Waals surface area contributed by atoms with Crippen LogP contribution in [0.4, 0.5) is 0 Å². The van der Waals surface area contributed by atoms with Crippen molar-refractivity contribution in [3.8, 4) is 28.7 Å². The van der Waals surface area contributed by atoms with Crippen LogP contribution in [0, 0.1) is 5.41 Å². The molecule has 0 atom stereocenters. The Morgan fingerprint density at radius 2 is 1.25 bits per heavy atom. The normalized spacial score (nSPS) is 10.5. The molecule has 20 heavy (non-hydrogen) atoms. The largest absolute Gasteiger partial charge is 0.504 e. The van der Waals surface area contributed by atoms with E-state index in [2.05, 4.69) is 0 Å². The summed E-state index contributed by atoms with van der Waals surface area (Å²) < 4.78 is 26.9. The summed E-state index contributed by atoms with van der Waals surface area (Å²) >= 11 is 0. The molecule has 0 unspecified atom stereocenters. The van der Waals surface area contributed by atoms with Gasteiger partial charge in [0.2, 0.25) is 17.2 Å². The highest BCUT2D eigenvalue weighted by Crippen LogP contribution is 2.50. The molecule has 1 rings (SSSR count). The van der Waals surface area contributed by atoms with Crippen molar-refractivity contribution in [2.75, 3.05) is 5.75 Å². The lowest BCUT2D eigenvalue weighted by molar-refractivity contribution is 0.327. The van der Waals surface area contributed by atoms with Crippen molar-refractivity contribution in [1.82, 2.24) is 0 Å². The first kappa shape index (κ1) is 17.6. The van der Waals surface area contributed by atoms with Crippen LogP contribution in [0.2, 0.25) is 0 Å². The zero-order chi connectivity index (χ0) is 16.2. The fraction of sp³-hybridized carbons (Fsp3) is 0.222.